The first kappa shape index (κ1) is 25.9. The number of ether oxygens (including phenoxy) is 1. The molecule has 0 bridgehead atoms. The van der Waals surface area contributed by atoms with E-state index in [0.29, 0.717) is 41.4 Å². The summed E-state index contributed by atoms with van der Waals surface area (Å²) < 4.78 is 60.0. The van der Waals surface area contributed by atoms with Crippen molar-refractivity contribution in [3.63, 3.8) is 0 Å². The summed E-state index contributed by atoms with van der Waals surface area (Å²) in [5.74, 6) is -0.785. The van der Waals surface area contributed by atoms with Crippen LogP contribution in [0.25, 0.3) is 6.08 Å². The van der Waals surface area contributed by atoms with Gasteiger partial charge >= 0.3 is 6.18 Å². The van der Waals surface area contributed by atoms with Gasteiger partial charge in [-0.25, -0.2) is 14.4 Å². The predicted octanol–water partition coefficient (Wildman–Crippen LogP) is 6.55. The first-order chi connectivity index (χ1) is 17.7. The Hall–Kier alpha value is -4.21. The first-order valence-corrected chi connectivity index (χ1v) is 11.4. The maximum absolute atomic E-state index is 14.2. The zero-order chi connectivity index (χ0) is 26.7. The van der Waals surface area contributed by atoms with Gasteiger partial charge in [-0.1, -0.05) is 12.2 Å². The molecule has 2 aromatic heterocycles. The Morgan fingerprint density at radius 2 is 1.86 bits per heavy atom. The van der Waals surface area contributed by atoms with Gasteiger partial charge in [0.1, 0.15) is 18.2 Å². The molecule has 0 saturated heterocycles. The maximum atomic E-state index is 14.2. The Balaban J connectivity index is 1.93. The number of benzene rings is 1. The van der Waals surface area contributed by atoms with Gasteiger partial charge in [-0.05, 0) is 61.7 Å². The first-order valence-electron chi connectivity index (χ1n) is 11.4. The number of amides is 1. The van der Waals surface area contributed by atoms with Gasteiger partial charge < -0.3 is 9.64 Å². The third-order valence-electron chi connectivity index (χ3n) is 5.87. The second-order valence-corrected chi connectivity index (χ2v) is 8.25. The number of methoxy groups -OCH3 is 1. The van der Waals surface area contributed by atoms with Crippen molar-refractivity contribution in [2.75, 3.05) is 23.6 Å². The zero-order valence-electron chi connectivity index (χ0n) is 20.2. The fourth-order valence-corrected chi connectivity index (χ4v) is 4.15. The molecule has 37 heavy (non-hydrogen) atoms. The monoisotopic (exact) mass is 512 g/mol. The molecule has 1 aromatic carbocycles. The molecule has 4 rings (SSSR count). The van der Waals surface area contributed by atoms with Crippen molar-refractivity contribution in [3.05, 3.63) is 89.7 Å². The van der Waals surface area contributed by atoms with Gasteiger partial charge in [0.05, 0.1) is 35.9 Å². The number of aromatic nitrogens is 2. The van der Waals surface area contributed by atoms with Gasteiger partial charge in [0.15, 0.2) is 0 Å². The minimum Gasteiger partial charge on any atom is -0.481 e. The number of halogens is 4. The summed E-state index contributed by atoms with van der Waals surface area (Å²) in [6.07, 6.45) is 2.38. The van der Waals surface area contributed by atoms with Gasteiger partial charge in [-0.2, -0.15) is 13.2 Å². The molecule has 0 aliphatic carbocycles. The van der Waals surface area contributed by atoms with Crippen LogP contribution in [0.3, 0.4) is 0 Å². The molecule has 10 heteroatoms. The summed E-state index contributed by atoms with van der Waals surface area (Å²) in [5.41, 5.74) is 0.743. The van der Waals surface area contributed by atoms with Crippen molar-refractivity contribution in [2.24, 2.45) is 0 Å². The number of anilines is 3. The molecule has 0 N–H and O–H groups in total. The average Bonchev–Trinajstić information content (AvgIpc) is 2.88. The van der Waals surface area contributed by atoms with E-state index in [0.717, 1.165) is 12.3 Å². The number of aryl methyl sites for hydroxylation is 1. The summed E-state index contributed by atoms with van der Waals surface area (Å²) in [6.45, 7) is 5.42. The fraction of sp³-hybridized carbons (Fsp3) is 0.222. The van der Waals surface area contributed by atoms with Crippen molar-refractivity contribution in [1.29, 1.82) is 0 Å². The van der Waals surface area contributed by atoms with E-state index in [1.165, 1.54) is 24.1 Å². The van der Waals surface area contributed by atoms with Crippen LogP contribution in [0.2, 0.25) is 0 Å². The number of pyridine rings is 2. The summed E-state index contributed by atoms with van der Waals surface area (Å²) >= 11 is 0. The number of rotatable bonds is 7. The van der Waals surface area contributed by atoms with E-state index >= 15 is 0 Å². The topological polar surface area (TPSA) is 58.6 Å². The number of carbonyl (C=O) groups is 1. The number of nitrogens with zero attached hydrogens (tertiary/aromatic N) is 4. The normalized spacial score (nSPS) is 13.7. The standard InChI is InChI=1S/C27H24F4N4O2/c1-4-6-8-17-13-18(28)9-10-21(17)34-16-35(22-11-12-25(37-3)33-20(22)7-5-2)26(36)19-14-24(27(29,30)31)32-15-23(19)34/h4-5,7,9-15H,1,6,8,16H2,2-3H3. The highest BCUT2D eigenvalue weighted by molar-refractivity contribution is 6.13. The SMILES string of the molecule is C=CCCc1cc(F)ccc1N1CN(c2ccc(OC)nc2C=CC)C(=O)c2cc(C(F)(F)F)ncc21. The van der Waals surface area contributed by atoms with Crippen molar-refractivity contribution in [3.8, 4) is 5.88 Å². The minimum atomic E-state index is -4.74. The minimum absolute atomic E-state index is 0.0653. The predicted molar refractivity (Wildman–Crippen MR) is 133 cm³/mol. The highest BCUT2D eigenvalue weighted by Gasteiger charge is 2.38. The molecule has 0 radical (unpaired) electrons. The van der Waals surface area contributed by atoms with Crippen LogP contribution in [-0.4, -0.2) is 29.7 Å². The fourth-order valence-electron chi connectivity index (χ4n) is 4.15. The molecular weight excluding hydrogens is 488 g/mol. The Morgan fingerprint density at radius 3 is 2.54 bits per heavy atom. The number of fused-ring (bicyclic) bond motifs is 1. The van der Waals surface area contributed by atoms with Crippen molar-refractivity contribution >= 4 is 29.0 Å². The number of hydrogen-bond acceptors (Lipinski definition) is 5. The third kappa shape index (κ3) is 5.18. The Kier molecular flexibility index (Phi) is 7.28. The van der Waals surface area contributed by atoms with Crippen LogP contribution in [0, 0.1) is 5.82 Å². The molecule has 0 unspecified atom stereocenters. The van der Waals surface area contributed by atoms with E-state index < -0.39 is 23.6 Å². The quantitative estimate of drug-likeness (QED) is 0.265. The molecule has 6 nitrogen and oxygen atoms in total. The van der Waals surface area contributed by atoms with E-state index in [1.54, 1.807) is 48.3 Å². The number of carbonyl (C=O) groups excluding carboxylic acids is 1. The highest BCUT2D eigenvalue weighted by Crippen LogP contribution is 2.40. The van der Waals surface area contributed by atoms with Crippen LogP contribution in [-0.2, 0) is 12.6 Å². The highest BCUT2D eigenvalue weighted by atomic mass is 19.4. The number of alkyl halides is 3. The lowest BCUT2D eigenvalue weighted by Crippen LogP contribution is -2.46. The molecule has 0 saturated carbocycles. The number of hydrogen-bond donors (Lipinski definition) is 0. The average molecular weight is 513 g/mol. The molecular formula is C27H24F4N4O2. The second kappa shape index (κ2) is 10.4. The number of allylic oxidation sites excluding steroid dienone is 2. The molecule has 1 amide bonds. The van der Waals surface area contributed by atoms with Crippen LogP contribution < -0.4 is 14.5 Å². The van der Waals surface area contributed by atoms with Gasteiger partial charge in [-0.3, -0.25) is 9.69 Å². The molecule has 1 aliphatic rings. The third-order valence-corrected chi connectivity index (χ3v) is 5.87. The molecule has 3 heterocycles. The molecule has 0 fully saturated rings. The largest absolute Gasteiger partial charge is 0.481 e. The van der Waals surface area contributed by atoms with Crippen molar-refractivity contribution < 1.29 is 27.1 Å². The van der Waals surface area contributed by atoms with Crippen LogP contribution in [0.4, 0.5) is 34.6 Å². The smallest absolute Gasteiger partial charge is 0.433 e. The van der Waals surface area contributed by atoms with E-state index in [9.17, 15) is 22.4 Å². The Labute approximate surface area is 211 Å². The van der Waals surface area contributed by atoms with E-state index in [4.69, 9.17) is 4.74 Å². The lowest BCUT2D eigenvalue weighted by atomic mass is 10.0. The van der Waals surface area contributed by atoms with E-state index in [-0.39, 0.29) is 17.9 Å². The van der Waals surface area contributed by atoms with Crippen molar-refractivity contribution in [2.45, 2.75) is 25.9 Å². The van der Waals surface area contributed by atoms with Crippen LogP contribution in [0.1, 0.15) is 40.7 Å². The maximum Gasteiger partial charge on any atom is 0.433 e. The van der Waals surface area contributed by atoms with Gasteiger partial charge in [0.25, 0.3) is 5.91 Å². The molecule has 0 atom stereocenters. The van der Waals surface area contributed by atoms with Crippen LogP contribution in [0.5, 0.6) is 5.88 Å². The van der Waals surface area contributed by atoms with Crippen LogP contribution in [0.15, 0.2) is 61.3 Å². The summed E-state index contributed by atoms with van der Waals surface area (Å²) in [6, 6.07) is 8.12. The van der Waals surface area contributed by atoms with Gasteiger partial charge in [0.2, 0.25) is 5.88 Å². The summed E-state index contributed by atoms with van der Waals surface area (Å²) in [4.78, 5) is 24.6. The zero-order valence-corrected chi connectivity index (χ0v) is 20.2. The summed E-state index contributed by atoms with van der Waals surface area (Å²) in [7, 11) is 1.45. The lowest BCUT2D eigenvalue weighted by Gasteiger charge is -2.39. The summed E-state index contributed by atoms with van der Waals surface area (Å²) in [5, 5.41) is 0. The van der Waals surface area contributed by atoms with Gasteiger partial charge in [0, 0.05) is 11.8 Å². The van der Waals surface area contributed by atoms with Crippen molar-refractivity contribution in [1.82, 2.24) is 9.97 Å². The second-order valence-electron chi connectivity index (χ2n) is 8.25. The molecule has 0 spiro atoms. The molecule has 1 aliphatic heterocycles. The molecule has 192 valence electrons. The van der Waals surface area contributed by atoms with Gasteiger partial charge in [-0.15, -0.1) is 6.58 Å². The Morgan fingerprint density at radius 1 is 1.11 bits per heavy atom. The van der Waals surface area contributed by atoms with E-state index in [2.05, 4.69) is 16.5 Å². The lowest BCUT2D eigenvalue weighted by molar-refractivity contribution is -0.141. The Bertz CT molecular complexity index is 1370. The molecule has 3 aromatic rings. The van der Waals surface area contributed by atoms with Crippen LogP contribution >= 0.6 is 0 Å². The van der Waals surface area contributed by atoms with E-state index in [1.807, 2.05) is 0 Å².